The Bertz CT molecular complexity index is 754. The number of nitrogens with zero attached hydrogens (tertiary/aromatic N) is 5. The van der Waals surface area contributed by atoms with E-state index in [1.807, 2.05) is 29.2 Å². The van der Waals surface area contributed by atoms with Gasteiger partial charge in [0.15, 0.2) is 0 Å². The molecule has 27 heavy (non-hydrogen) atoms. The molecule has 1 aromatic heterocycles. The number of piperidine rings is 1. The molecule has 0 spiro atoms. The van der Waals surface area contributed by atoms with Crippen LogP contribution in [0.15, 0.2) is 42.9 Å². The maximum absolute atomic E-state index is 12.9. The highest BCUT2D eigenvalue weighted by Gasteiger charge is 2.30. The van der Waals surface area contributed by atoms with Crippen molar-refractivity contribution < 1.29 is 4.79 Å². The molecule has 0 N–H and O–H groups in total. The fraction of sp³-hybridized carbons (Fsp3) is 0.450. The first-order valence-corrected chi connectivity index (χ1v) is 9.89. The molecule has 0 atom stereocenters. The van der Waals surface area contributed by atoms with E-state index in [0.717, 1.165) is 63.0 Å². The zero-order valence-electron chi connectivity index (χ0n) is 15.3. The Labute approximate surface area is 164 Å². The van der Waals surface area contributed by atoms with Crippen molar-refractivity contribution in [3.8, 4) is 0 Å². The maximum atomic E-state index is 12.9. The van der Waals surface area contributed by atoms with Crippen molar-refractivity contribution in [1.82, 2.24) is 14.9 Å². The zero-order chi connectivity index (χ0) is 18.6. The van der Waals surface area contributed by atoms with Crippen molar-refractivity contribution >= 4 is 29.0 Å². The second-order valence-corrected chi connectivity index (χ2v) is 7.55. The Balaban J connectivity index is 1.28. The van der Waals surface area contributed by atoms with Gasteiger partial charge in [0, 0.05) is 68.3 Å². The van der Waals surface area contributed by atoms with Crippen LogP contribution in [-0.4, -0.2) is 60.0 Å². The van der Waals surface area contributed by atoms with Gasteiger partial charge in [0.2, 0.25) is 5.91 Å². The number of hydrogen-bond acceptors (Lipinski definition) is 5. The Hall–Kier alpha value is -2.34. The van der Waals surface area contributed by atoms with Gasteiger partial charge in [0.1, 0.15) is 5.82 Å². The van der Waals surface area contributed by atoms with Gasteiger partial charge in [-0.2, -0.15) is 0 Å². The summed E-state index contributed by atoms with van der Waals surface area (Å²) in [6, 6.07) is 7.92. The van der Waals surface area contributed by atoms with Crippen LogP contribution in [-0.2, 0) is 4.79 Å². The second-order valence-electron chi connectivity index (χ2n) is 7.11. The number of amides is 1. The fourth-order valence-electron chi connectivity index (χ4n) is 3.91. The molecule has 0 aliphatic carbocycles. The number of carbonyl (C=O) groups excluding carboxylic acids is 1. The van der Waals surface area contributed by atoms with Gasteiger partial charge >= 0.3 is 0 Å². The van der Waals surface area contributed by atoms with Crippen molar-refractivity contribution in [2.24, 2.45) is 5.92 Å². The lowest BCUT2D eigenvalue weighted by atomic mass is 9.95. The molecule has 2 saturated heterocycles. The molecule has 0 radical (unpaired) electrons. The minimum Gasteiger partial charge on any atom is -0.368 e. The van der Waals surface area contributed by atoms with Crippen LogP contribution in [0.4, 0.5) is 11.5 Å². The van der Waals surface area contributed by atoms with E-state index in [4.69, 9.17) is 11.6 Å². The van der Waals surface area contributed by atoms with Crippen molar-refractivity contribution in [1.29, 1.82) is 0 Å². The fourth-order valence-corrected chi connectivity index (χ4v) is 4.03. The third-order valence-electron chi connectivity index (χ3n) is 5.50. The second kappa shape index (κ2) is 8.13. The first-order chi connectivity index (χ1) is 13.2. The van der Waals surface area contributed by atoms with Gasteiger partial charge in [-0.15, -0.1) is 0 Å². The lowest BCUT2D eigenvalue weighted by molar-refractivity contribution is -0.136. The van der Waals surface area contributed by atoms with Crippen LogP contribution in [0, 0.1) is 5.92 Å². The number of aromatic nitrogens is 2. The highest BCUT2D eigenvalue weighted by Crippen LogP contribution is 2.24. The summed E-state index contributed by atoms with van der Waals surface area (Å²) in [5.74, 6) is 1.34. The molecule has 7 heteroatoms. The van der Waals surface area contributed by atoms with Crippen LogP contribution in [0.25, 0.3) is 0 Å². The SMILES string of the molecule is O=C(C1CCN(c2cnccn2)CC1)N1CCN(c2ccc(Cl)cc2)CC1. The van der Waals surface area contributed by atoms with Crippen molar-refractivity contribution in [3.63, 3.8) is 0 Å². The van der Waals surface area contributed by atoms with Gasteiger partial charge in [0.05, 0.1) is 6.20 Å². The van der Waals surface area contributed by atoms with Crippen LogP contribution in [0.5, 0.6) is 0 Å². The molecule has 0 bridgehead atoms. The molecule has 6 nitrogen and oxygen atoms in total. The Morgan fingerprint density at radius 2 is 1.63 bits per heavy atom. The number of halogens is 1. The molecule has 0 unspecified atom stereocenters. The number of benzene rings is 1. The van der Waals surface area contributed by atoms with Crippen LogP contribution in [0.2, 0.25) is 5.02 Å². The first kappa shape index (κ1) is 18.0. The summed E-state index contributed by atoms with van der Waals surface area (Å²) in [5, 5.41) is 0.750. The molecule has 2 aliphatic rings. The Morgan fingerprint density at radius 1 is 0.926 bits per heavy atom. The smallest absolute Gasteiger partial charge is 0.225 e. The minimum absolute atomic E-state index is 0.125. The molecule has 0 saturated carbocycles. The van der Waals surface area contributed by atoms with Crippen LogP contribution in [0.1, 0.15) is 12.8 Å². The first-order valence-electron chi connectivity index (χ1n) is 9.51. The van der Waals surface area contributed by atoms with Gasteiger partial charge in [-0.3, -0.25) is 9.78 Å². The van der Waals surface area contributed by atoms with E-state index in [9.17, 15) is 4.79 Å². The summed E-state index contributed by atoms with van der Waals surface area (Å²) in [5.41, 5.74) is 1.17. The lowest BCUT2D eigenvalue weighted by Crippen LogP contribution is -2.51. The van der Waals surface area contributed by atoms with E-state index in [2.05, 4.69) is 19.8 Å². The van der Waals surface area contributed by atoms with Gasteiger partial charge in [-0.25, -0.2) is 4.98 Å². The van der Waals surface area contributed by atoms with E-state index in [1.165, 1.54) is 5.69 Å². The zero-order valence-corrected chi connectivity index (χ0v) is 16.1. The van der Waals surface area contributed by atoms with E-state index < -0.39 is 0 Å². The molecule has 2 fully saturated rings. The molecule has 2 aromatic rings. The van der Waals surface area contributed by atoms with E-state index in [1.54, 1.807) is 18.6 Å². The van der Waals surface area contributed by atoms with Crippen LogP contribution in [0.3, 0.4) is 0 Å². The predicted octanol–water partition coefficient (Wildman–Crippen LogP) is 2.70. The molecule has 142 valence electrons. The van der Waals surface area contributed by atoms with Crippen LogP contribution < -0.4 is 9.80 Å². The highest BCUT2D eigenvalue weighted by atomic mass is 35.5. The quantitative estimate of drug-likeness (QED) is 0.813. The third kappa shape index (κ3) is 4.16. The average Bonchev–Trinajstić information content (AvgIpc) is 2.75. The summed E-state index contributed by atoms with van der Waals surface area (Å²) in [4.78, 5) is 28.0. The highest BCUT2D eigenvalue weighted by molar-refractivity contribution is 6.30. The molecular formula is C20H24ClN5O. The van der Waals surface area contributed by atoms with E-state index in [0.29, 0.717) is 5.91 Å². The van der Waals surface area contributed by atoms with Crippen molar-refractivity contribution in [2.45, 2.75) is 12.8 Å². The van der Waals surface area contributed by atoms with Gasteiger partial charge < -0.3 is 14.7 Å². The summed E-state index contributed by atoms with van der Waals surface area (Å²) < 4.78 is 0. The molecular weight excluding hydrogens is 362 g/mol. The molecule has 1 amide bonds. The maximum Gasteiger partial charge on any atom is 0.225 e. The summed E-state index contributed by atoms with van der Waals surface area (Å²) in [7, 11) is 0. The largest absolute Gasteiger partial charge is 0.368 e. The number of anilines is 2. The van der Waals surface area contributed by atoms with Crippen molar-refractivity contribution in [2.75, 3.05) is 49.1 Å². The van der Waals surface area contributed by atoms with Crippen LogP contribution >= 0.6 is 11.6 Å². The van der Waals surface area contributed by atoms with Gasteiger partial charge in [-0.05, 0) is 37.1 Å². The molecule has 4 rings (SSSR count). The minimum atomic E-state index is 0.125. The van der Waals surface area contributed by atoms with Crippen molar-refractivity contribution in [3.05, 3.63) is 47.9 Å². The van der Waals surface area contributed by atoms with Gasteiger partial charge in [-0.1, -0.05) is 11.6 Å². The van der Waals surface area contributed by atoms with E-state index in [-0.39, 0.29) is 5.92 Å². The number of piperazine rings is 1. The summed E-state index contributed by atoms with van der Waals surface area (Å²) in [6.07, 6.45) is 6.95. The number of carbonyl (C=O) groups is 1. The topological polar surface area (TPSA) is 52.6 Å². The lowest BCUT2D eigenvalue weighted by Gasteiger charge is -2.39. The Kier molecular flexibility index (Phi) is 5.43. The third-order valence-corrected chi connectivity index (χ3v) is 5.75. The number of hydrogen-bond donors (Lipinski definition) is 0. The predicted molar refractivity (Wildman–Crippen MR) is 107 cm³/mol. The average molecular weight is 386 g/mol. The number of rotatable bonds is 3. The molecule has 2 aliphatic heterocycles. The standard InChI is InChI=1S/C20H24ClN5O/c21-17-1-3-18(4-2-17)24-11-13-26(14-12-24)20(27)16-5-9-25(10-6-16)19-15-22-7-8-23-19/h1-4,7-8,15-16H,5-6,9-14H2. The Morgan fingerprint density at radius 3 is 2.26 bits per heavy atom. The summed E-state index contributed by atoms with van der Waals surface area (Å²) in [6.45, 7) is 5.02. The normalized spacial score (nSPS) is 18.6. The van der Waals surface area contributed by atoms with E-state index >= 15 is 0 Å². The molecule has 1 aromatic carbocycles. The molecule has 3 heterocycles. The van der Waals surface area contributed by atoms with Gasteiger partial charge in [0.25, 0.3) is 0 Å². The monoisotopic (exact) mass is 385 g/mol. The summed E-state index contributed by atoms with van der Waals surface area (Å²) >= 11 is 5.97.